The van der Waals surface area contributed by atoms with E-state index in [9.17, 15) is 9.59 Å². The largest absolute Gasteiger partial charge is 0.377 e. The summed E-state index contributed by atoms with van der Waals surface area (Å²) in [6, 6.07) is 4.85. The Balaban J connectivity index is 2.12. The van der Waals surface area contributed by atoms with Crippen molar-refractivity contribution in [3.05, 3.63) is 30.1 Å². The molecule has 20 heavy (non-hydrogen) atoms. The first kappa shape index (κ1) is 12.6. The number of carbonyl (C=O) groups is 2. The van der Waals surface area contributed by atoms with Crippen molar-refractivity contribution in [2.75, 3.05) is 24.7 Å². The summed E-state index contributed by atoms with van der Waals surface area (Å²) in [5.41, 5.74) is 6.46. The Morgan fingerprint density at radius 1 is 1.50 bits per heavy atom. The number of amides is 1. The third-order valence-electron chi connectivity index (χ3n) is 3.39. The number of carbonyl (C=O) groups excluding carboxylic acids is 2. The van der Waals surface area contributed by atoms with Crippen LogP contribution in [0.1, 0.15) is 10.5 Å². The van der Waals surface area contributed by atoms with E-state index in [-0.39, 0.29) is 6.61 Å². The fourth-order valence-corrected chi connectivity index (χ4v) is 2.42. The highest BCUT2D eigenvalue weighted by molar-refractivity contribution is 5.88. The second-order valence-electron chi connectivity index (χ2n) is 4.55. The van der Waals surface area contributed by atoms with E-state index >= 15 is 0 Å². The molecule has 1 amide bonds. The number of primary amides is 1. The molecule has 0 bridgehead atoms. The number of fused-ring (bicyclic) bond motifs is 1. The van der Waals surface area contributed by atoms with Crippen molar-refractivity contribution in [1.29, 1.82) is 0 Å². The third-order valence-corrected chi connectivity index (χ3v) is 3.39. The van der Waals surface area contributed by atoms with Crippen LogP contribution in [0.25, 0.3) is 5.65 Å². The molecule has 0 radical (unpaired) electrons. The quantitative estimate of drug-likeness (QED) is 0.785. The van der Waals surface area contributed by atoms with Gasteiger partial charge in [0.2, 0.25) is 5.91 Å². The van der Waals surface area contributed by atoms with Crippen LogP contribution in [0, 0.1) is 0 Å². The average molecular weight is 274 g/mol. The highest BCUT2D eigenvalue weighted by Gasteiger charge is 2.31. The van der Waals surface area contributed by atoms with Gasteiger partial charge in [-0.25, -0.2) is 4.98 Å². The van der Waals surface area contributed by atoms with Gasteiger partial charge in [-0.2, -0.15) is 0 Å². The number of imidazole rings is 1. The predicted molar refractivity (Wildman–Crippen MR) is 71.7 cm³/mol. The standard InChI is InChI=1S/C13H14N4O3/c14-12(19)10-8-20-6-5-17(10)13-9(7-18)16-4-2-1-3-11(16)15-13/h1-4,7,10H,5-6,8H2,(H2,14,19). The van der Waals surface area contributed by atoms with Crippen LogP contribution in [-0.4, -0.2) is 47.4 Å². The maximum Gasteiger partial charge on any atom is 0.242 e. The van der Waals surface area contributed by atoms with E-state index in [1.54, 1.807) is 21.6 Å². The number of anilines is 1. The van der Waals surface area contributed by atoms with Crippen molar-refractivity contribution in [2.24, 2.45) is 5.73 Å². The minimum absolute atomic E-state index is 0.210. The Labute approximate surface area is 114 Å². The summed E-state index contributed by atoms with van der Waals surface area (Å²) in [7, 11) is 0. The summed E-state index contributed by atoms with van der Waals surface area (Å²) in [4.78, 5) is 29.1. The van der Waals surface area contributed by atoms with E-state index in [1.165, 1.54) is 0 Å². The van der Waals surface area contributed by atoms with Crippen molar-refractivity contribution in [2.45, 2.75) is 6.04 Å². The summed E-state index contributed by atoms with van der Waals surface area (Å²) >= 11 is 0. The van der Waals surface area contributed by atoms with Gasteiger partial charge in [0.1, 0.15) is 17.4 Å². The third kappa shape index (κ3) is 1.92. The SMILES string of the molecule is NC(=O)C1COCCN1c1nc2ccccn2c1C=O. The number of pyridine rings is 1. The smallest absolute Gasteiger partial charge is 0.242 e. The second-order valence-corrected chi connectivity index (χ2v) is 4.55. The fourth-order valence-electron chi connectivity index (χ4n) is 2.42. The molecule has 1 atom stereocenters. The molecular formula is C13H14N4O3. The molecule has 0 aliphatic carbocycles. The number of rotatable bonds is 3. The number of aromatic nitrogens is 2. The van der Waals surface area contributed by atoms with Crippen molar-refractivity contribution in [3.8, 4) is 0 Å². The minimum atomic E-state index is -0.604. The number of morpholine rings is 1. The van der Waals surface area contributed by atoms with Crippen LogP contribution >= 0.6 is 0 Å². The van der Waals surface area contributed by atoms with Crippen LogP contribution in [-0.2, 0) is 9.53 Å². The van der Waals surface area contributed by atoms with Crippen LogP contribution < -0.4 is 10.6 Å². The van der Waals surface area contributed by atoms with Gasteiger partial charge >= 0.3 is 0 Å². The van der Waals surface area contributed by atoms with Gasteiger partial charge in [-0.1, -0.05) is 6.07 Å². The number of nitrogens with zero attached hydrogens (tertiary/aromatic N) is 3. The van der Waals surface area contributed by atoms with Gasteiger partial charge in [0, 0.05) is 12.7 Å². The molecule has 1 aliphatic rings. The Kier molecular flexibility index (Phi) is 3.11. The molecule has 2 aromatic rings. The summed E-state index contributed by atoms with van der Waals surface area (Å²) in [6.07, 6.45) is 2.50. The van der Waals surface area contributed by atoms with E-state index in [0.717, 1.165) is 6.29 Å². The van der Waals surface area contributed by atoms with Gasteiger partial charge in [0.15, 0.2) is 12.1 Å². The molecule has 1 unspecified atom stereocenters. The van der Waals surface area contributed by atoms with E-state index in [1.807, 2.05) is 12.1 Å². The van der Waals surface area contributed by atoms with E-state index in [0.29, 0.717) is 30.3 Å². The van der Waals surface area contributed by atoms with E-state index in [2.05, 4.69) is 4.98 Å². The Morgan fingerprint density at radius 2 is 2.35 bits per heavy atom. The zero-order chi connectivity index (χ0) is 14.1. The second kappa shape index (κ2) is 4.93. The van der Waals surface area contributed by atoms with Crippen LogP contribution in [0.2, 0.25) is 0 Å². The fraction of sp³-hybridized carbons (Fsp3) is 0.308. The van der Waals surface area contributed by atoms with Gasteiger partial charge in [-0.05, 0) is 12.1 Å². The molecule has 0 spiro atoms. The molecule has 3 heterocycles. The lowest BCUT2D eigenvalue weighted by atomic mass is 10.2. The van der Waals surface area contributed by atoms with Crippen molar-refractivity contribution in [3.63, 3.8) is 0 Å². The number of ether oxygens (including phenoxy) is 1. The van der Waals surface area contributed by atoms with Gasteiger partial charge in [0.25, 0.3) is 0 Å². The van der Waals surface area contributed by atoms with Crippen LogP contribution in [0.4, 0.5) is 5.82 Å². The van der Waals surface area contributed by atoms with Crippen LogP contribution in [0.15, 0.2) is 24.4 Å². The van der Waals surface area contributed by atoms with E-state index < -0.39 is 11.9 Å². The molecule has 1 fully saturated rings. The summed E-state index contributed by atoms with van der Waals surface area (Å²) in [6.45, 7) is 1.15. The minimum Gasteiger partial charge on any atom is -0.377 e. The van der Waals surface area contributed by atoms with Gasteiger partial charge in [-0.3, -0.25) is 14.0 Å². The predicted octanol–water partition coefficient (Wildman–Crippen LogP) is -0.163. The molecule has 2 N–H and O–H groups in total. The highest BCUT2D eigenvalue weighted by Crippen LogP contribution is 2.23. The van der Waals surface area contributed by atoms with Gasteiger partial charge in [0.05, 0.1) is 13.2 Å². The molecule has 104 valence electrons. The van der Waals surface area contributed by atoms with E-state index in [4.69, 9.17) is 10.5 Å². The summed E-state index contributed by atoms with van der Waals surface area (Å²) < 4.78 is 6.97. The first-order valence-electron chi connectivity index (χ1n) is 6.28. The molecule has 1 saturated heterocycles. The van der Waals surface area contributed by atoms with Gasteiger partial charge in [-0.15, -0.1) is 0 Å². The summed E-state index contributed by atoms with van der Waals surface area (Å²) in [5, 5.41) is 0. The Morgan fingerprint density at radius 3 is 3.10 bits per heavy atom. The van der Waals surface area contributed by atoms with Gasteiger partial charge < -0.3 is 15.4 Å². The molecule has 3 rings (SSSR count). The van der Waals surface area contributed by atoms with Crippen LogP contribution in [0.3, 0.4) is 0 Å². The lowest BCUT2D eigenvalue weighted by molar-refractivity contribution is -0.121. The molecule has 0 aromatic carbocycles. The maximum absolute atomic E-state index is 11.5. The number of hydrogen-bond acceptors (Lipinski definition) is 5. The van der Waals surface area contributed by atoms with Crippen LogP contribution in [0.5, 0.6) is 0 Å². The average Bonchev–Trinajstić information content (AvgIpc) is 2.85. The van der Waals surface area contributed by atoms with Crippen molar-refractivity contribution in [1.82, 2.24) is 9.38 Å². The van der Waals surface area contributed by atoms with Crippen molar-refractivity contribution >= 4 is 23.7 Å². The molecule has 7 nitrogen and oxygen atoms in total. The highest BCUT2D eigenvalue weighted by atomic mass is 16.5. The molecule has 1 aliphatic heterocycles. The number of aldehydes is 1. The summed E-state index contributed by atoms with van der Waals surface area (Å²) in [5.74, 6) is -0.0168. The maximum atomic E-state index is 11.5. The zero-order valence-corrected chi connectivity index (χ0v) is 10.7. The topological polar surface area (TPSA) is 89.9 Å². The first-order valence-corrected chi connectivity index (χ1v) is 6.28. The Hall–Kier alpha value is -2.41. The molecule has 7 heteroatoms. The first-order chi connectivity index (χ1) is 9.72. The normalized spacial score (nSPS) is 19.2. The monoisotopic (exact) mass is 274 g/mol. The molecular weight excluding hydrogens is 260 g/mol. The lowest BCUT2D eigenvalue weighted by Gasteiger charge is -2.33. The zero-order valence-electron chi connectivity index (χ0n) is 10.7. The number of hydrogen-bond donors (Lipinski definition) is 1. The number of nitrogens with two attached hydrogens (primary N) is 1. The lowest BCUT2D eigenvalue weighted by Crippen LogP contribution is -2.53. The molecule has 0 saturated carbocycles. The van der Waals surface area contributed by atoms with Crippen molar-refractivity contribution < 1.29 is 14.3 Å². The molecule has 2 aromatic heterocycles. The Bertz CT molecular complexity index is 667.